The molecule has 0 spiro atoms. The summed E-state index contributed by atoms with van der Waals surface area (Å²) in [7, 11) is 3.19. The Bertz CT molecular complexity index is 322. The van der Waals surface area contributed by atoms with E-state index < -0.39 is 11.5 Å². The fourth-order valence-electron chi connectivity index (χ4n) is 2.24. The van der Waals surface area contributed by atoms with Gasteiger partial charge in [0.2, 0.25) is 11.8 Å². The summed E-state index contributed by atoms with van der Waals surface area (Å²) < 4.78 is 4.91. The quantitative estimate of drug-likeness (QED) is 0.684. The van der Waals surface area contributed by atoms with Gasteiger partial charge in [0.15, 0.2) is 0 Å². The number of nitrogens with one attached hydrogen (secondary N) is 1. The van der Waals surface area contributed by atoms with Crippen LogP contribution in [0.25, 0.3) is 0 Å². The predicted octanol–water partition coefficient (Wildman–Crippen LogP) is -0.665. The first-order chi connectivity index (χ1) is 8.44. The van der Waals surface area contributed by atoms with Gasteiger partial charge in [-0.05, 0) is 19.8 Å². The Morgan fingerprint density at radius 3 is 2.78 bits per heavy atom. The number of nitrogens with zero attached hydrogens (tertiary/aromatic N) is 1. The molecular formula is C12H23N3O3. The summed E-state index contributed by atoms with van der Waals surface area (Å²) >= 11 is 0. The molecule has 0 aliphatic carbocycles. The van der Waals surface area contributed by atoms with Crippen LogP contribution in [-0.4, -0.2) is 56.6 Å². The lowest BCUT2D eigenvalue weighted by molar-refractivity contribution is -0.133. The molecule has 1 aliphatic rings. The molecule has 104 valence electrons. The zero-order valence-corrected chi connectivity index (χ0v) is 11.4. The summed E-state index contributed by atoms with van der Waals surface area (Å²) in [5.41, 5.74) is 5.31. The van der Waals surface area contributed by atoms with Crippen molar-refractivity contribution < 1.29 is 14.3 Å². The standard InChI is InChI=1S/C12H23N3O3/c1-12(11(17)14-2)5-6-15(8-12)10(16)9(13)4-7-18-3/h9H,4-8,13H2,1-3H3,(H,14,17). The Morgan fingerprint density at radius 1 is 1.56 bits per heavy atom. The monoisotopic (exact) mass is 257 g/mol. The molecule has 18 heavy (non-hydrogen) atoms. The molecule has 1 heterocycles. The van der Waals surface area contributed by atoms with Gasteiger partial charge in [-0.25, -0.2) is 0 Å². The number of methoxy groups -OCH3 is 1. The van der Waals surface area contributed by atoms with E-state index in [1.165, 1.54) is 0 Å². The summed E-state index contributed by atoms with van der Waals surface area (Å²) in [5.74, 6) is -0.122. The van der Waals surface area contributed by atoms with Crippen LogP contribution in [0.15, 0.2) is 0 Å². The number of ether oxygens (including phenoxy) is 1. The van der Waals surface area contributed by atoms with E-state index in [9.17, 15) is 9.59 Å². The first-order valence-corrected chi connectivity index (χ1v) is 6.20. The lowest BCUT2D eigenvalue weighted by Gasteiger charge is -2.24. The fraction of sp³-hybridized carbons (Fsp3) is 0.833. The van der Waals surface area contributed by atoms with E-state index in [0.717, 1.165) is 0 Å². The third kappa shape index (κ3) is 3.20. The van der Waals surface area contributed by atoms with Gasteiger partial charge in [-0.3, -0.25) is 9.59 Å². The summed E-state index contributed by atoms with van der Waals surface area (Å²) in [6.45, 7) is 3.36. The molecule has 2 atom stereocenters. The number of nitrogens with two attached hydrogens (primary N) is 1. The van der Waals surface area contributed by atoms with Gasteiger partial charge in [-0.15, -0.1) is 0 Å². The van der Waals surface area contributed by atoms with Crippen LogP contribution in [-0.2, 0) is 14.3 Å². The van der Waals surface area contributed by atoms with Gasteiger partial charge in [0.25, 0.3) is 0 Å². The van der Waals surface area contributed by atoms with Crippen LogP contribution in [0.2, 0.25) is 0 Å². The van der Waals surface area contributed by atoms with E-state index in [0.29, 0.717) is 32.5 Å². The van der Waals surface area contributed by atoms with E-state index in [-0.39, 0.29) is 11.8 Å². The molecule has 3 N–H and O–H groups in total. The van der Waals surface area contributed by atoms with E-state index >= 15 is 0 Å². The molecule has 0 aromatic heterocycles. The van der Waals surface area contributed by atoms with Crippen molar-refractivity contribution in [3.8, 4) is 0 Å². The number of hydrogen-bond donors (Lipinski definition) is 2. The highest BCUT2D eigenvalue weighted by atomic mass is 16.5. The number of hydrogen-bond acceptors (Lipinski definition) is 4. The van der Waals surface area contributed by atoms with Crippen molar-refractivity contribution in [1.29, 1.82) is 0 Å². The van der Waals surface area contributed by atoms with Gasteiger partial charge in [0.1, 0.15) is 0 Å². The molecule has 0 bridgehead atoms. The molecule has 1 fully saturated rings. The Balaban J connectivity index is 2.55. The van der Waals surface area contributed by atoms with Gasteiger partial charge in [-0.2, -0.15) is 0 Å². The highest BCUT2D eigenvalue weighted by Crippen LogP contribution is 2.30. The smallest absolute Gasteiger partial charge is 0.239 e. The molecule has 0 aromatic carbocycles. The second kappa shape index (κ2) is 6.15. The van der Waals surface area contributed by atoms with Crippen LogP contribution in [0.5, 0.6) is 0 Å². The second-order valence-corrected chi connectivity index (χ2v) is 5.04. The summed E-state index contributed by atoms with van der Waals surface area (Å²) in [5, 5.41) is 2.64. The average molecular weight is 257 g/mol. The predicted molar refractivity (Wildman–Crippen MR) is 67.8 cm³/mol. The number of carbonyl (C=O) groups is 2. The first-order valence-electron chi connectivity index (χ1n) is 6.20. The zero-order valence-electron chi connectivity index (χ0n) is 11.4. The van der Waals surface area contributed by atoms with Crippen LogP contribution in [0.3, 0.4) is 0 Å². The third-order valence-corrected chi connectivity index (χ3v) is 3.51. The largest absolute Gasteiger partial charge is 0.385 e. The minimum atomic E-state index is -0.544. The summed E-state index contributed by atoms with van der Waals surface area (Å²) in [6, 6.07) is -0.544. The van der Waals surface area contributed by atoms with Gasteiger partial charge in [0, 0.05) is 33.9 Å². The molecule has 6 nitrogen and oxygen atoms in total. The molecule has 0 aromatic rings. The molecule has 0 radical (unpaired) electrons. The molecule has 6 heteroatoms. The van der Waals surface area contributed by atoms with Crippen molar-refractivity contribution in [2.75, 3.05) is 33.9 Å². The summed E-state index contributed by atoms with van der Waals surface area (Å²) in [6.07, 6.45) is 1.18. The molecule has 2 amide bonds. The van der Waals surface area contributed by atoms with Crippen molar-refractivity contribution in [1.82, 2.24) is 10.2 Å². The Kier molecular flexibility index (Phi) is 5.10. The molecule has 1 aliphatic heterocycles. The minimum Gasteiger partial charge on any atom is -0.385 e. The SMILES string of the molecule is CNC(=O)C1(C)CCN(C(=O)C(N)CCOC)C1. The Labute approximate surface area is 108 Å². The van der Waals surface area contributed by atoms with E-state index in [1.807, 2.05) is 6.92 Å². The van der Waals surface area contributed by atoms with Crippen LogP contribution >= 0.6 is 0 Å². The Hall–Kier alpha value is -1.14. The highest BCUT2D eigenvalue weighted by Gasteiger charge is 2.42. The van der Waals surface area contributed by atoms with Crippen molar-refractivity contribution in [2.24, 2.45) is 11.1 Å². The van der Waals surface area contributed by atoms with E-state index in [1.54, 1.807) is 19.1 Å². The van der Waals surface area contributed by atoms with E-state index in [2.05, 4.69) is 5.32 Å². The Morgan fingerprint density at radius 2 is 2.22 bits per heavy atom. The average Bonchev–Trinajstić information content (AvgIpc) is 2.77. The molecule has 0 saturated carbocycles. The van der Waals surface area contributed by atoms with Crippen LogP contribution < -0.4 is 11.1 Å². The molecular weight excluding hydrogens is 234 g/mol. The maximum atomic E-state index is 12.1. The van der Waals surface area contributed by atoms with Gasteiger partial charge < -0.3 is 20.7 Å². The van der Waals surface area contributed by atoms with Crippen molar-refractivity contribution in [3.63, 3.8) is 0 Å². The maximum Gasteiger partial charge on any atom is 0.239 e. The lowest BCUT2D eigenvalue weighted by atomic mass is 9.89. The summed E-state index contributed by atoms with van der Waals surface area (Å²) in [4.78, 5) is 25.5. The first kappa shape index (κ1) is 14.9. The highest BCUT2D eigenvalue weighted by molar-refractivity contribution is 5.86. The van der Waals surface area contributed by atoms with Gasteiger partial charge in [-0.1, -0.05) is 0 Å². The maximum absolute atomic E-state index is 12.1. The number of rotatable bonds is 5. The topological polar surface area (TPSA) is 84.7 Å². The minimum absolute atomic E-state index is 0.0248. The number of likely N-dealkylation sites (tertiary alicyclic amines) is 1. The van der Waals surface area contributed by atoms with Crippen molar-refractivity contribution in [2.45, 2.75) is 25.8 Å². The molecule has 1 saturated heterocycles. The number of amides is 2. The zero-order chi connectivity index (χ0) is 13.8. The lowest BCUT2D eigenvalue weighted by Crippen LogP contribution is -2.45. The number of carbonyl (C=O) groups excluding carboxylic acids is 2. The normalized spacial score (nSPS) is 25.0. The fourth-order valence-corrected chi connectivity index (χ4v) is 2.24. The van der Waals surface area contributed by atoms with Crippen molar-refractivity contribution >= 4 is 11.8 Å². The van der Waals surface area contributed by atoms with Crippen LogP contribution in [0, 0.1) is 5.41 Å². The van der Waals surface area contributed by atoms with Gasteiger partial charge in [0.05, 0.1) is 11.5 Å². The molecule has 1 rings (SSSR count). The second-order valence-electron chi connectivity index (χ2n) is 5.04. The van der Waals surface area contributed by atoms with Crippen molar-refractivity contribution in [3.05, 3.63) is 0 Å². The van der Waals surface area contributed by atoms with Crippen LogP contribution in [0.1, 0.15) is 19.8 Å². The third-order valence-electron chi connectivity index (χ3n) is 3.51. The van der Waals surface area contributed by atoms with Crippen LogP contribution in [0.4, 0.5) is 0 Å². The van der Waals surface area contributed by atoms with E-state index in [4.69, 9.17) is 10.5 Å². The van der Waals surface area contributed by atoms with Gasteiger partial charge >= 0.3 is 0 Å². The molecule has 2 unspecified atom stereocenters.